The van der Waals surface area contributed by atoms with Crippen LogP contribution >= 0.6 is 11.6 Å². The highest BCUT2D eigenvalue weighted by Gasteiger charge is 2.07. The standard InChI is InChI=1S/C13H22ClN3O2/c1-2-3-8-19-9-4-6-17-13(18)12(10-15)11-16-7-5-14/h11,16H,2-9H2,1H3,(H,17,18)/b12-11-. The molecule has 2 N–H and O–H groups in total. The molecule has 0 saturated carbocycles. The summed E-state index contributed by atoms with van der Waals surface area (Å²) in [6, 6.07) is 1.84. The number of rotatable bonds is 11. The molecule has 0 aliphatic heterocycles. The summed E-state index contributed by atoms with van der Waals surface area (Å²) in [5, 5.41) is 14.3. The second kappa shape index (κ2) is 13.2. The molecule has 0 fully saturated rings. The van der Waals surface area contributed by atoms with Gasteiger partial charge in [-0.25, -0.2) is 0 Å². The summed E-state index contributed by atoms with van der Waals surface area (Å²) in [5.74, 6) is 0.0458. The maximum absolute atomic E-state index is 11.6. The first-order valence-electron chi connectivity index (χ1n) is 6.51. The predicted octanol–water partition coefficient (Wildman–Crippen LogP) is 1.55. The lowest BCUT2D eigenvalue weighted by Crippen LogP contribution is -2.27. The molecule has 0 unspecified atom stereocenters. The number of nitriles is 1. The number of hydrogen-bond acceptors (Lipinski definition) is 4. The summed E-state index contributed by atoms with van der Waals surface area (Å²) >= 11 is 5.47. The van der Waals surface area contributed by atoms with Crippen LogP contribution in [0.2, 0.25) is 0 Å². The topological polar surface area (TPSA) is 74.1 Å². The Morgan fingerprint density at radius 2 is 2.11 bits per heavy atom. The third kappa shape index (κ3) is 10.4. The van der Waals surface area contributed by atoms with Gasteiger partial charge in [-0.2, -0.15) is 5.26 Å². The van der Waals surface area contributed by atoms with Gasteiger partial charge in [-0.05, 0) is 12.8 Å². The molecule has 0 spiro atoms. The van der Waals surface area contributed by atoms with Crippen LogP contribution in [0.25, 0.3) is 0 Å². The minimum atomic E-state index is -0.377. The SMILES string of the molecule is CCCCOCCCNC(=O)/C(C#N)=C\NCCCl. The van der Waals surface area contributed by atoms with Gasteiger partial charge in [-0.15, -0.1) is 11.6 Å². The average Bonchev–Trinajstić information content (AvgIpc) is 2.42. The Kier molecular flexibility index (Phi) is 12.3. The summed E-state index contributed by atoms with van der Waals surface area (Å²) < 4.78 is 5.36. The number of amides is 1. The number of ether oxygens (including phenoxy) is 1. The smallest absolute Gasteiger partial charge is 0.263 e. The van der Waals surface area contributed by atoms with Gasteiger partial charge in [-0.1, -0.05) is 13.3 Å². The number of hydrogen-bond donors (Lipinski definition) is 2. The summed E-state index contributed by atoms with van der Waals surface area (Å²) in [6.45, 7) is 4.51. The number of alkyl halides is 1. The third-order valence-corrected chi connectivity index (χ3v) is 2.43. The highest BCUT2D eigenvalue weighted by atomic mass is 35.5. The van der Waals surface area contributed by atoms with Crippen LogP contribution in [-0.2, 0) is 9.53 Å². The fourth-order valence-corrected chi connectivity index (χ4v) is 1.31. The largest absolute Gasteiger partial charge is 0.388 e. The van der Waals surface area contributed by atoms with E-state index in [0.29, 0.717) is 25.6 Å². The van der Waals surface area contributed by atoms with E-state index in [1.807, 2.05) is 6.07 Å². The number of halogens is 1. The Hall–Kier alpha value is -1.25. The quantitative estimate of drug-likeness (QED) is 0.262. The minimum absolute atomic E-state index is 0.0528. The zero-order valence-electron chi connectivity index (χ0n) is 11.4. The molecule has 0 aliphatic rings. The zero-order valence-corrected chi connectivity index (χ0v) is 12.1. The van der Waals surface area contributed by atoms with E-state index in [4.69, 9.17) is 21.6 Å². The van der Waals surface area contributed by atoms with Gasteiger partial charge in [-0.3, -0.25) is 4.79 Å². The molecule has 0 aromatic carbocycles. The molecule has 0 radical (unpaired) electrons. The van der Waals surface area contributed by atoms with Crippen molar-refractivity contribution in [1.29, 1.82) is 5.26 Å². The van der Waals surface area contributed by atoms with E-state index in [9.17, 15) is 4.79 Å². The minimum Gasteiger partial charge on any atom is -0.388 e. The first kappa shape index (κ1) is 17.8. The number of nitrogens with zero attached hydrogens (tertiary/aromatic N) is 1. The Bertz CT molecular complexity index is 314. The van der Waals surface area contributed by atoms with Crippen LogP contribution in [0.3, 0.4) is 0 Å². The van der Waals surface area contributed by atoms with Crippen molar-refractivity contribution in [3.05, 3.63) is 11.8 Å². The maximum Gasteiger partial charge on any atom is 0.263 e. The second-order valence-corrected chi connectivity index (χ2v) is 4.27. The predicted molar refractivity (Wildman–Crippen MR) is 75.8 cm³/mol. The molecule has 0 rings (SSSR count). The molecule has 0 aromatic rings. The van der Waals surface area contributed by atoms with Crippen LogP contribution in [0.15, 0.2) is 11.8 Å². The number of carbonyl (C=O) groups excluding carboxylic acids is 1. The highest BCUT2D eigenvalue weighted by Crippen LogP contribution is 1.92. The summed E-state index contributed by atoms with van der Waals surface area (Å²) in [7, 11) is 0. The fraction of sp³-hybridized carbons (Fsp3) is 0.692. The van der Waals surface area contributed by atoms with E-state index in [1.54, 1.807) is 0 Å². The van der Waals surface area contributed by atoms with E-state index in [1.165, 1.54) is 6.20 Å². The molecular weight excluding hydrogens is 266 g/mol. The number of nitrogens with one attached hydrogen (secondary N) is 2. The van der Waals surface area contributed by atoms with Gasteiger partial charge < -0.3 is 15.4 Å². The summed E-state index contributed by atoms with van der Waals surface area (Å²) in [4.78, 5) is 11.6. The van der Waals surface area contributed by atoms with Gasteiger partial charge in [0, 0.05) is 38.4 Å². The summed E-state index contributed by atoms with van der Waals surface area (Å²) in [5.41, 5.74) is 0.0528. The molecule has 108 valence electrons. The van der Waals surface area contributed by atoms with Crippen molar-refractivity contribution in [3.63, 3.8) is 0 Å². The van der Waals surface area contributed by atoms with Gasteiger partial charge in [0.2, 0.25) is 0 Å². The third-order valence-electron chi connectivity index (χ3n) is 2.24. The van der Waals surface area contributed by atoms with Crippen LogP contribution in [0.4, 0.5) is 0 Å². The van der Waals surface area contributed by atoms with Gasteiger partial charge in [0.1, 0.15) is 11.6 Å². The average molecular weight is 288 g/mol. The van der Waals surface area contributed by atoms with Crippen molar-refractivity contribution in [1.82, 2.24) is 10.6 Å². The van der Waals surface area contributed by atoms with E-state index < -0.39 is 0 Å². The Labute approximate surface area is 119 Å². The second-order valence-electron chi connectivity index (χ2n) is 3.89. The Balaban J connectivity index is 3.71. The molecular formula is C13H22ClN3O2. The van der Waals surface area contributed by atoms with E-state index in [0.717, 1.165) is 25.9 Å². The van der Waals surface area contributed by atoms with E-state index in [-0.39, 0.29) is 11.5 Å². The van der Waals surface area contributed by atoms with Crippen molar-refractivity contribution < 1.29 is 9.53 Å². The van der Waals surface area contributed by atoms with Gasteiger partial charge >= 0.3 is 0 Å². The van der Waals surface area contributed by atoms with Crippen LogP contribution in [0, 0.1) is 11.3 Å². The zero-order chi connectivity index (χ0) is 14.3. The molecule has 0 atom stereocenters. The summed E-state index contributed by atoms with van der Waals surface area (Å²) in [6.07, 6.45) is 4.29. The molecule has 19 heavy (non-hydrogen) atoms. The van der Waals surface area contributed by atoms with Crippen LogP contribution in [0.1, 0.15) is 26.2 Å². The monoisotopic (exact) mass is 287 g/mol. The van der Waals surface area contributed by atoms with Gasteiger partial charge in [0.05, 0.1) is 0 Å². The number of unbranched alkanes of at least 4 members (excludes halogenated alkanes) is 1. The van der Waals surface area contributed by atoms with Crippen molar-refractivity contribution in [2.24, 2.45) is 0 Å². The number of carbonyl (C=O) groups is 1. The fourth-order valence-electron chi connectivity index (χ4n) is 1.20. The van der Waals surface area contributed by atoms with Crippen LogP contribution < -0.4 is 10.6 Å². The lowest BCUT2D eigenvalue weighted by molar-refractivity contribution is -0.117. The maximum atomic E-state index is 11.6. The highest BCUT2D eigenvalue weighted by molar-refractivity contribution is 6.18. The lowest BCUT2D eigenvalue weighted by Gasteiger charge is -2.05. The molecule has 1 amide bonds. The first-order chi connectivity index (χ1) is 9.26. The normalized spacial score (nSPS) is 10.9. The Morgan fingerprint density at radius 1 is 1.37 bits per heavy atom. The first-order valence-corrected chi connectivity index (χ1v) is 7.05. The molecule has 0 aliphatic carbocycles. The van der Waals surface area contributed by atoms with Crippen molar-refractivity contribution in [2.75, 3.05) is 32.2 Å². The molecule has 0 saturated heterocycles. The van der Waals surface area contributed by atoms with Crippen molar-refractivity contribution >= 4 is 17.5 Å². The van der Waals surface area contributed by atoms with Crippen LogP contribution in [-0.4, -0.2) is 38.1 Å². The van der Waals surface area contributed by atoms with E-state index in [2.05, 4.69) is 17.6 Å². The van der Waals surface area contributed by atoms with Gasteiger partial charge in [0.25, 0.3) is 5.91 Å². The van der Waals surface area contributed by atoms with Crippen LogP contribution in [0.5, 0.6) is 0 Å². The molecule has 0 heterocycles. The van der Waals surface area contributed by atoms with Crippen molar-refractivity contribution in [3.8, 4) is 6.07 Å². The Morgan fingerprint density at radius 3 is 2.74 bits per heavy atom. The molecule has 6 heteroatoms. The lowest BCUT2D eigenvalue weighted by atomic mass is 10.3. The molecule has 0 aromatic heterocycles. The molecule has 5 nitrogen and oxygen atoms in total. The van der Waals surface area contributed by atoms with Gasteiger partial charge in [0.15, 0.2) is 0 Å². The molecule has 0 bridgehead atoms. The van der Waals surface area contributed by atoms with Crippen molar-refractivity contribution in [2.45, 2.75) is 26.2 Å². The van der Waals surface area contributed by atoms with E-state index >= 15 is 0 Å².